The van der Waals surface area contributed by atoms with Gasteiger partial charge in [0.2, 0.25) is 0 Å². The van der Waals surface area contributed by atoms with Gasteiger partial charge in [-0.25, -0.2) is 0 Å². The molecule has 4 nitrogen and oxygen atoms in total. The number of para-hydroxylation sites is 1. The van der Waals surface area contributed by atoms with Crippen molar-refractivity contribution in [2.24, 2.45) is 4.99 Å². The number of esters is 1. The summed E-state index contributed by atoms with van der Waals surface area (Å²) in [5.41, 5.74) is 1.55. The highest BCUT2D eigenvalue weighted by Gasteiger charge is 2.15. The van der Waals surface area contributed by atoms with Crippen molar-refractivity contribution in [1.29, 1.82) is 0 Å². The number of aliphatic imine (C=N–C) groups is 1. The van der Waals surface area contributed by atoms with Crippen LogP contribution in [0.3, 0.4) is 0 Å². The molecular weight excluding hydrogens is 278 g/mol. The van der Waals surface area contributed by atoms with Crippen LogP contribution >= 0.6 is 0 Å². The summed E-state index contributed by atoms with van der Waals surface area (Å²) in [6, 6.07) is 16.2. The number of hydrogen-bond acceptors (Lipinski definition) is 4. The summed E-state index contributed by atoms with van der Waals surface area (Å²) in [4.78, 5) is 16.2. The molecule has 0 aromatic heterocycles. The molecule has 2 aromatic carbocycles. The quantitative estimate of drug-likeness (QED) is 0.655. The SMILES string of the molecule is CCOC(=O)C[C@@H](N=Cc1ccccc1O)c1ccccc1. The predicted molar refractivity (Wildman–Crippen MR) is 86.1 cm³/mol. The van der Waals surface area contributed by atoms with Gasteiger partial charge in [-0.3, -0.25) is 9.79 Å². The Hall–Kier alpha value is -2.62. The van der Waals surface area contributed by atoms with Gasteiger partial charge in [0, 0.05) is 11.8 Å². The molecule has 114 valence electrons. The van der Waals surface area contributed by atoms with E-state index >= 15 is 0 Å². The Morgan fingerprint density at radius 1 is 1.18 bits per heavy atom. The standard InChI is InChI=1S/C18H19NO3/c1-2-22-18(21)12-16(14-8-4-3-5-9-14)19-13-15-10-6-7-11-17(15)20/h3-11,13,16,20H,2,12H2,1H3/t16-/m1/s1. The smallest absolute Gasteiger partial charge is 0.308 e. The van der Waals surface area contributed by atoms with Crippen LogP contribution in [0.15, 0.2) is 59.6 Å². The lowest BCUT2D eigenvalue weighted by molar-refractivity contribution is -0.143. The minimum absolute atomic E-state index is 0.161. The first-order valence-electron chi connectivity index (χ1n) is 7.22. The highest BCUT2D eigenvalue weighted by Crippen LogP contribution is 2.22. The fraction of sp³-hybridized carbons (Fsp3) is 0.222. The molecular formula is C18H19NO3. The van der Waals surface area contributed by atoms with Gasteiger partial charge in [0.1, 0.15) is 5.75 Å². The second-order valence-corrected chi connectivity index (χ2v) is 4.77. The number of nitrogens with zero attached hydrogens (tertiary/aromatic N) is 1. The fourth-order valence-electron chi connectivity index (χ4n) is 2.08. The molecule has 2 rings (SSSR count). The Balaban J connectivity index is 2.21. The maximum absolute atomic E-state index is 11.8. The van der Waals surface area contributed by atoms with E-state index in [4.69, 9.17) is 4.74 Å². The van der Waals surface area contributed by atoms with Crippen LogP contribution < -0.4 is 0 Å². The molecule has 0 saturated heterocycles. The number of carbonyl (C=O) groups excluding carboxylic acids is 1. The predicted octanol–water partition coefficient (Wildman–Crippen LogP) is 3.51. The average molecular weight is 297 g/mol. The zero-order valence-corrected chi connectivity index (χ0v) is 12.5. The number of phenols is 1. The number of carbonyl (C=O) groups is 1. The third-order valence-corrected chi connectivity index (χ3v) is 3.18. The largest absolute Gasteiger partial charge is 0.507 e. The van der Waals surface area contributed by atoms with E-state index in [1.165, 1.54) is 0 Å². The summed E-state index contributed by atoms with van der Waals surface area (Å²) in [5, 5.41) is 9.78. The number of hydrogen-bond donors (Lipinski definition) is 1. The summed E-state index contributed by atoms with van der Waals surface area (Å²) in [6.07, 6.45) is 1.76. The van der Waals surface area contributed by atoms with E-state index in [1.807, 2.05) is 36.4 Å². The first-order valence-corrected chi connectivity index (χ1v) is 7.22. The number of phenolic OH excluding ortho intramolecular Hbond substituents is 1. The Kier molecular flexibility index (Phi) is 5.72. The van der Waals surface area contributed by atoms with Gasteiger partial charge in [-0.1, -0.05) is 42.5 Å². The first kappa shape index (κ1) is 15.8. The number of rotatable bonds is 6. The monoisotopic (exact) mass is 297 g/mol. The van der Waals surface area contributed by atoms with Gasteiger partial charge in [0.25, 0.3) is 0 Å². The van der Waals surface area contributed by atoms with Crippen LogP contribution in [0.1, 0.15) is 30.5 Å². The van der Waals surface area contributed by atoms with E-state index in [0.717, 1.165) is 5.56 Å². The summed E-state index contributed by atoms with van der Waals surface area (Å²) in [7, 11) is 0. The Morgan fingerprint density at radius 2 is 1.86 bits per heavy atom. The topological polar surface area (TPSA) is 58.9 Å². The third kappa shape index (κ3) is 4.45. The van der Waals surface area contributed by atoms with Crippen molar-refractivity contribution in [2.75, 3.05) is 6.61 Å². The second-order valence-electron chi connectivity index (χ2n) is 4.77. The highest BCUT2D eigenvalue weighted by atomic mass is 16.5. The Labute approximate surface area is 130 Å². The molecule has 0 saturated carbocycles. The number of ether oxygens (including phenoxy) is 1. The van der Waals surface area contributed by atoms with Crippen molar-refractivity contribution in [1.82, 2.24) is 0 Å². The highest BCUT2D eigenvalue weighted by molar-refractivity contribution is 5.83. The second kappa shape index (κ2) is 7.98. The lowest BCUT2D eigenvalue weighted by atomic mass is 10.0. The molecule has 0 fully saturated rings. The lowest BCUT2D eigenvalue weighted by Gasteiger charge is -2.12. The number of aromatic hydroxyl groups is 1. The van der Waals surface area contributed by atoms with Crippen molar-refractivity contribution in [2.45, 2.75) is 19.4 Å². The van der Waals surface area contributed by atoms with Crippen LogP contribution in [-0.2, 0) is 9.53 Å². The van der Waals surface area contributed by atoms with Crippen LogP contribution in [-0.4, -0.2) is 23.9 Å². The molecule has 0 aliphatic rings. The van der Waals surface area contributed by atoms with E-state index in [0.29, 0.717) is 12.2 Å². The summed E-state index contributed by atoms with van der Waals surface area (Å²) in [5.74, 6) is -0.125. The van der Waals surface area contributed by atoms with Gasteiger partial charge in [0.15, 0.2) is 0 Å². The van der Waals surface area contributed by atoms with Crippen molar-refractivity contribution in [3.05, 3.63) is 65.7 Å². The zero-order chi connectivity index (χ0) is 15.8. The molecule has 0 aliphatic heterocycles. The molecule has 0 spiro atoms. The van der Waals surface area contributed by atoms with Gasteiger partial charge in [0.05, 0.1) is 19.1 Å². The third-order valence-electron chi connectivity index (χ3n) is 3.18. The molecule has 0 aliphatic carbocycles. The van der Waals surface area contributed by atoms with Crippen molar-refractivity contribution in [3.8, 4) is 5.75 Å². The Morgan fingerprint density at radius 3 is 2.55 bits per heavy atom. The Bertz CT molecular complexity index is 638. The van der Waals surface area contributed by atoms with Crippen molar-refractivity contribution >= 4 is 12.2 Å². The molecule has 4 heteroatoms. The van der Waals surface area contributed by atoms with Gasteiger partial charge >= 0.3 is 5.97 Å². The maximum Gasteiger partial charge on any atom is 0.308 e. The van der Waals surface area contributed by atoms with E-state index in [1.54, 1.807) is 31.3 Å². The van der Waals surface area contributed by atoms with Crippen LogP contribution in [0, 0.1) is 0 Å². The summed E-state index contributed by atoms with van der Waals surface area (Å²) < 4.78 is 5.01. The molecule has 2 aromatic rings. The van der Waals surface area contributed by atoms with Crippen LogP contribution in [0.2, 0.25) is 0 Å². The molecule has 0 bridgehead atoms. The molecule has 1 atom stereocenters. The lowest BCUT2D eigenvalue weighted by Crippen LogP contribution is -2.09. The van der Waals surface area contributed by atoms with Gasteiger partial charge in [-0.2, -0.15) is 0 Å². The fourth-order valence-corrected chi connectivity index (χ4v) is 2.08. The van der Waals surface area contributed by atoms with Crippen LogP contribution in [0.25, 0.3) is 0 Å². The van der Waals surface area contributed by atoms with Gasteiger partial charge in [-0.15, -0.1) is 0 Å². The molecule has 0 unspecified atom stereocenters. The van der Waals surface area contributed by atoms with E-state index < -0.39 is 0 Å². The summed E-state index contributed by atoms with van der Waals surface area (Å²) >= 11 is 0. The molecule has 22 heavy (non-hydrogen) atoms. The average Bonchev–Trinajstić information content (AvgIpc) is 2.54. The number of benzene rings is 2. The molecule has 1 N–H and O–H groups in total. The molecule has 0 heterocycles. The first-order chi connectivity index (χ1) is 10.7. The van der Waals surface area contributed by atoms with Crippen LogP contribution in [0.5, 0.6) is 5.75 Å². The van der Waals surface area contributed by atoms with E-state index in [2.05, 4.69) is 4.99 Å². The normalized spacial score (nSPS) is 12.2. The van der Waals surface area contributed by atoms with Crippen LogP contribution in [0.4, 0.5) is 0 Å². The van der Waals surface area contributed by atoms with E-state index in [-0.39, 0.29) is 24.2 Å². The minimum atomic E-state index is -0.333. The van der Waals surface area contributed by atoms with Gasteiger partial charge in [-0.05, 0) is 24.6 Å². The maximum atomic E-state index is 11.8. The minimum Gasteiger partial charge on any atom is -0.507 e. The van der Waals surface area contributed by atoms with E-state index in [9.17, 15) is 9.90 Å². The van der Waals surface area contributed by atoms with Crippen molar-refractivity contribution in [3.63, 3.8) is 0 Å². The zero-order valence-electron chi connectivity index (χ0n) is 12.5. The summed E-state index contributed by atoms with van der Waals surface area (Å²) in [6.45, 7) is 2.13. The molecule has 0 amide bonds. The van der Waals surface area contributed by atoms with Crippen molar-refractivity contribution < 1.29 is 14.6 Å². The van der Waals surface area contributed by atoms with Gasteiger partial charge < -0.3 is 9.84 Å². The molecule has 0 radical (unpaired) electrons.